The van der Waals surface area contributed by atoms with Crippen LogP contribution in [0.3, 0.4) is 0 Å². The number of aromatic nitrogens is 1. The molecule has 10 heteroatoms. The van der Waals surface area contributed by atoms with Crippen molar-refractivity contribution in [2.75, 3.05) is 5.75 Å². The normalized spacial score (nSPS) is 22.1. The third kappa shape index (κ3) is 5.51. The van der Waals surface area contributed by atoms with Crippen molar-refractivity contribution < 1.29 is 33.3 Å². The van der Waals surface area contributed by atoms with Crippen LogP contribution in [0.5, 0.6) is 5.75 Å². The van der Waals surface area contributed by atoms with Gasteiger partial charge >= 0.3 is 17.9 Å². The molecule has 1 saturated heterocycles. The monoisotopic (exact) mass is 501 g/mol. The maximum Gasteiger partial charge on any atom is 0.303 e. The predicted octanol–water partition coefficient (Wildman–Crippen LogP) is 4.21. The Morgan fingerprint density at radius 2 is 1.50 bits per heavy atom. The standard InChI is InChI=1S/C24H23NO7S2/c1-13(26)29-19-12-33-24(22(31-15(3)28)21(19)30-14(2)27)32-18-10-6-4-8-16(18)23-25-17-9-5-7-11-20(17)34-23/h4-11,19,21-22,24H,12H2,1-3H3/t19-,21+,22-,24-/m1/s1. The van der Waals surface area contributed by atoms with Crippen LogP contribution in [0.2, 0.25) is 0 Å². The number of thioether (sulfide) groups is 1. The summed E-state index contributed by atoms with van der Waals surface area (Å²) in [6, 6.07) is 15.3. The number of nitrogens with zero attached hydrogens (tertiary/aromatic N) is 1. The Balaban J connectivity index is 1.66. The molecule has 4 rings (SSSR count). The van der Waals surface area contributed by atoms with Crippen LogP contribution in [0.25, 0.3) is 20.8 Å². The van der Waals surface area contributed by atoms with Crippen LogP contribution in [0.15, 0.2) is 48.5 Å². The quantitative estimate of drug-likeness (QED) is 0.363. The molecule has 1 aliphatic rings. The summed E-state index contributed by atoms with van der Waals surface area (Å²) in [6.07, 6.45) is -2.78. The van der Waals surface area contributed by atoms with E-state index in [0.29, 0.717) is 11.5 Å². The Morgan fingerprint density at radius 3 is 2.21 bits per heavy atom. The fourth-order valence-corrected chi connectivity index (χ4v) is 5.87. The minimum Gasteiger partial charge on any atom is -0.475 e. The molecule has 0 saturated carbocycles. The molecule has 2 aromatic carbocycles. The van der Waals surface area contributed by atoms with Crippen molar-refractivity contribution in [3.63, 3.8) is 0 Å². The van der Waals surface area contributed by atoms with Crippen LogP contribution in [0.1, 0.15) is 20.8 Å². The molecular weight excluding hydrogens is 478 g/mol. The van der Waals surface area contributed by atoms with Crippen molar-refractivity contribution in [2.45, 2.75) is 44.5 Å². The first-order chi connectivity index (χ1) is 16.3. The second-order valence-corrected chi connectivity index (χ2v) is 9.76. The van der Waals surface area contributed by atoms with Gasteiger partial charge in [-0.3, -0.25) is 14.4 Å². The molecular formula is C24H23NO7S2. The predicted molar refractivity (Wildman–Crippen MR) is 129 cm³/mol. The Bertz CT molecular complexity index is 1180. The molecule has 0 bridgehead atoms. The number of hydrogen-bond acceptors (Lipinski definition) is 10. The maximum absolute atomic E-state index is 11.9. The average Bonchev–Trinajstić information content (AvgIpc) is 3.21. The number of carbonyl (C=O) groups excluding carboxylic acids is 3. The van der Waals surface area contributed by atoms with Crippen LogP contribution in [-0.2, 0) is 28.6 Å². The van der Waals surface area contributed by atoms with E-state index in [0.717, 1.165) is 20.8 Å². The highest BCUT2D eigenvalue weighted by Gasteiger charge is 2.47. The first-order valence-electron chi connectivity index (χ1n) is 10.6. The smallest absolute Gasteiger partial charge is 0.303 e. The van der Waals surface area contributed by atoms with Gasteiger partial charge in [0.15, 0.2) is 23.7 Å². The van der Waals surface area contributed by atoms with Crippen LogP contribution >= 0.6 is 23.1 Å². The highest BCUT2D eigenvalue weighted by molar-refractivity contribution is 7.99. The van der Waals surface area contributed by atoms with E-state index in [1.165, 1.54) is 32.5 Å². The van der Waals surface area contributed by atoms with Gasteiger partial charge < -0.3 is 18.9 Å². The summed E-state index contributed by atoms with van der Waals surface area (Å²) in [5.74, 6) is -0.837. The lowest BCUT2D eigenvalue weighted by Gasteiger charge is -2.40. The molecule has 2 heterocycles. The minimum absolute atomic E-state index is 0.295. The summed E-state index contributed by atoms with van der Waals surface area (Å²) in [7, 11) is 0. The fraction of sp³-hybridized carbons (Fsp3) is 0.333. The van der Waals surface area contributed by atoms with Crippen molar-refractivity contribution in [3.8, 4) is 16.3 Å². The van der Waals surface area contributed by atoms with Gasteiger partial charge in [-0.2, -0.15) is 0 Å². The Kier molecular flexibility index (Phi) is 7.38. The summed E-state index contributed by atoms with van der Waals surface area (Å²) in [5.41, 5.74) is 0.967. The molecule has 0 aliphatic carbocycles. The van der Waals surface area contributed by atoms with E-state index in [1.807, 2.05) is 48.5 Å². The van der Waals surface area contributed by atoms with E-state index in [1.54, 1.807) is 11.3 Å². The van der Waals surface area contributed by atoms with Crippen LogP contribution in [-0.4, -0.2) is 52.4 Å². The van der Waals surface area contributed by atoms with Gasteiger partial charge in [0.1, 0.15) is 10.8 Å². The average molecular weight is 502 g/mol. The maximum atomic E-state index is 11.9. The summed E-state index contributed by atoms with van der Waals surface area (Å²) >= 11 is 2.86. The van der Waals surface area contributed by atoms with Crippen molar-refractivity contribution in [3.05, 3.63) is 48.5 Å². The molecule has 34 heavy (non-hydrogen) atoms. The van der Waals surface area contributed by atoms with E-state index >= 15 is 0 Å². The molecule has 0 spiro atoms. The zero-order valence-electron chi connectivity index (χ0n) is 18.8. The molecule has 1 aliphatic heterocycles. The van der Waals surface area contributed by atoms with Crippen LogP contribution < -0.4 is 4.74 Å². The zero-order valence-corrected chi connectivity index (χ0v) is 20.4. The van der Waals surface area contributed by atoms with E-state index in [-0.39, 0.29) is 0 Å². The van der Waals surface area contributed by atoms with E-state index in [4.69, 9.17) is 23.9 Å². The van der Waals surface area contributed by atoms with Gasteiger partial charge in [0, 0.05) is 26.5 Å². The number of fused-ring (bicyclic) bond motifs is 1. The Morgan fingerprint density at radius 1 is 0.853 bits per heavy atom. The van der Waals surface area contributed by atoms with Crippen molar-refractivity contribution in [2.24, 2.45) is 0 Å². The van der Waals surface area contributed by atoms with Crippen molar-refractivity contribution in [1.82, 2.24) is 4.98 Å². The van der Waals surface area contributed by atoms with Gasteiger partial charge in [-0.1, -0.05) is 24.3 Å². The minimum atomic E-state index is -1.01. The number of esters is 3. The van der Waals surface area contributed by atoms with E-state index in [2.05, 4.69) is 0 Å². The van der Waals surface area contributed by atoms with Crippen LogP contribution in [0, 0.1) is 0 Å². The van der Waals surface area contributed by atoms with Gasteiger partial charge in [-0.15, -0.1) is 23.1 Å². The number of para-hydroxylation sites is 2. The van der Waals surface area contributed by atoms with Crippen molar-refractivity contribution in [1.29, 1.82) is 0 Å². The lowest BCUT2D eigenvalue weighted by atomic mass is 10.1. The highest BCUT2D eigenvalue weighted by atomic mass is 32.2. The molecule has 0 unspecified atom stereocenters. The van der Waals surface area contributed by atoms with E-state index < -0.39 is 41.7 Å². The lowest BCUT2D eigenvalue weighted by Crippen LogP contribution is -2.55. The van der Waals surface area contributed by atoms with Crippen LogP contribution in [0.4, 0.5) is 0 Å². The zero-order chi connectivity index (χ0) is 24.2. The lowest BCUT2D eigenvalue weighted by molar-refractivity contribution is -0.186. The van der Waals surface area contributed by atoms with E-state index in [9.17, 15) is 14.4 Å². The summed E-state index contributed by atoms with van der Waals surface area (Å²) in [5, 5.41) is 0.788. The molecule has 8 nitrogen and oxygen atoms in total. The second-order valence-electron chi connectivity index (χ2n) is 7.60. The summed E-state index contributed by atoms with van der Waals surface area (Å²) < 4.78 is 23.7. The number of benzene rings is 2. The van der Waals surface area contributed by atoms with Gasteiger partial charge in [-0.05, 0) is 24.3 Å². The van der Waals surface area contributed by atoms with Gasteiger partial charge in [0.25, 0.3) is 0 Å². The Labute approximate surface area is 204 Å². The Hall–Kier alpha value is -3.11. The summed E-state index contributed by atoms with van der Waals surface area (Å²) in [4.78, 5) is 40.0. The number of rotatable bonds is 6. The molecule has 178 valence electrons. The van der Waals surface area contributed by atoms with Gasteiger partial charge in [0.2, 0.25) is 0 Å². The first-order valence-corrected chi connectivity index (χ1v) is 12.4. The number of hydrogen-bond donors (Lipinski definition) is 0. The number of ether oxygens (including phenoxy) is 4. The molecule has 1 aromatic heterocycles. The summed E-state index contributed by atoms with van der Waals surface area (Å²) in [6.45, 7) is 3.78. The third-order valence-corrected chi connectivity index (χ3v) is 7.24. The number of carbonyl (C=O) groups is 3. The molecule has 0 amide bonds. The van der Waals surface area contributed by atoms with Crippen molar-refractivity contribution >= 4 is 51.2 Å². The third-order valence-electron chi connectivity index (χ3n) is 4.96. The largest absolute Gasteiger partial charge is 0.475 e. The molecule has 0 radical (unpaired) electrons. The van der Waals surface area contributed by atoms with Gasteiger partial charge in [-0.25, -0.2) is 4.98 Å². The molecule has 0 N–H and O–H groups in total. The molecule has 1 fully saturated rings. The first kappa shape index (κ1) is 24.0. The number of thiazole rings is 1. The molecule has 3 aromatic rings. The fourth-order valence-electron chi connectivity index (χ4n) is 3.67. The SMILES string of the molecule is CC(=O)O[C@@H]1[C@@H](OC(C)=O)[C@H](OC(C)=O)CS[C@H]1Oc1ccccc1-c1nc2ccccc2s1. The highest BCUT2D eigenvalue weighted by Crippen LogP contribution is 2.39. The molecule has 4 atom stereocenters. The topological polar surface area (TPSA) is 101 Å². The second kappa shape index (κ2) is 10.4. The van der Waals surface area contributed by atoms with Gasteiger partial charge in [0.05, 0.1) is 15.8 Å².